The molecule has 10 nitrogen and oxygen atoms in total. The molecule has 3 aliphatic carbocycles. The highest BCUT2D eigenvalue weighted by atomic mass is 16.3. The van der Waals surface area contributed by atoms with Crippen LogP contribution < -0.4 is 11.5 Å². The van der Waals surface area contributed by atoms with E-state index in [0.29, 0.717) is 5.56 Å². The molecule has 0 saturated heterocycles. The van der Waals surface area contributed by atoms with Crippen molar-refractivity contribution in [1.29, 1.82) is 0 Å². The first-order valence-electron chi connectivity index (χ1n) is 10.1. The maximum absolute atomic E-state index is 13.6. The van der Waals surface area contributed by atoms with Crippen molar-refractivity contribution in [3.8, 4) is 5.75 Å². The number of rotatable bonds is 2. The minimum Gasteiger partial charge on any atom is -0.510 e. The Labute approximate surface area is 183 Å². The highest BCUT2D eigenvalue weighted by Gasteiger charge is 2.60. The summed E-state index contributed by atoms with van der Waals surface area (Å²) in [5.74, 6) is -8.62. The van der Waals surface area contributed by atoms with Gasteiger partial charge in [0.2, 0.25) is 0 Å². The van der Waals surface area contributed by atoms with Gasteiger partial charge in [-0.2, -0.15) is 0 Å². The highest BCUT2D eigenvalue weighted by Crippen LogP contribution is 2.54. The smallest absolute Gasteiger partial charge is 0.255 e. The zero-order valence-electron chi connectivity index (χ0n) is 17.7. The second-order valence-corrected chi connectivity index (χ2v) is 8.85. The van der Waals surface area contributed by atoms with E-state index < -0.39 is 76.1 Å². The number of aliphatic hydroxyl groups is 3. The molecule has 1 aromatic carbocycles. The van der Waals surface area contributed by atoms with Gasteiger partial charge < -0.3 is 31.9 Å². The van der Waals surface area contributed by atoms with E-state index in [1.54, 1.807) is 27.1 Å². The molecule has 1 saturated carbocycles. The van der Waals surface area contributed by atoms with Crippen LogP contribution in [0.15, 0.2) is 29.0 Å². The first-order chi connectivity index (χ1) is 14.9. The fourth-order valence-electron chi connectivity index (χ4n) is 5.62. The number of phenolic OH excluding ortho intramolecular Hbond substituents is 1. The Morgan fingerprint density at radius 2 is 1.72 bits per heavy atom. The van der Waals surface area contributed by atoms with E-state index in [4.69, 9.17) is 11.5 Å². The summed E-state index contributed by atoms with van der Waals surface area (Å²) in [5, 5.41) is 43.6. The first kappa shape index (κ1) is 21.8. The summed E-state index contributed by atoms with van der Waals surface area (Å²) in [5.41, 5.74) is 10.6. The van der Waals surface area contributed by atoms with Gasteiger partial charge in [0, 0.05) is 17.4 Å². The van der Waals surface area contributed by atoms with Crippen molar-refractivity contribution in [3.63, 3.8) is 0 Å². The molecule has 1 aromatic rings. The van der Waals surface area contributed by atoms with Crippen molar-refractivity contribution in [1.82, 2.24) is 4.90 Å². The number of Topliss-reactive ketones (excluding diaryl/α,β-unsaturated/α-hetero) is 2. The summed E-state index contributed by atoms with van der Waals surface area (Å²) in [6.45, 7) is 1.72. The van der Waals surface area contributed by atoms with E-state index in [9.17, 15) is 34.8 Å². The lowest BCUT2D eigenvalue weighted by molar-refractivity contribution is -0.143. The summed E-state index contributed by atoms with van der Waals surface area (Å²) >= 11 is 0. The van der Waals surface area contributed by atoms with Crippen LogP contribution in [-0.4, -0.2) is 69.0 Å². The Bertz CT molecular complexity index is 1140. The molecule has 4 rings (SSSR count). The molecule has 0 radical (unpaired) electrons. The van der Waals surface area contributed by atoms with Crippen LogP contribution in [0.5, 0.6) is 5.75 Å². The number of benzene rings is 1. The minimum atomic E-state index is -1.54. The average molecular weight is 443 g/mol. The predicted molar refractivity (Wildman–Crippen MR) is 113 cm³/mol. The Kier molecular flexibility index (Phi) is 4.83. The molecular formula is C22H25N3O7. The van der Waals surface area contributed by atoms with Gasteiger partial charge in [-0.3, -0.25) is 19.3 Å². The number of hydrogen-bond donors (Lipinski definition) is 6. The number of primary amides is 1. The van der Waals surface area contributed by atoms with E-state index >= 15 is 0 Å². The molecule has 3 aliphatic rings. The average Bonchev–Trinajstić information content (AvgIpc) is 2.69. The fourth-order valence-corrected chi connectivity index (χ4v) is 5.62. The van der Waals surface area contributed by atoms with Crippen LogP contribution in [0.3, 0.4) is 0 Å². The fraction of sp³-hybridized carbons (Fsp3) is 0.409. The minimum absolute atomic E-state index is 0.00600. The van der Waals surface area contributed by atoms with Gasteiger partial charge in [-0.15, -0.1) is 0 Å². The van der Waals surface area contributed by atoms with Gasteiger partial charge in [-0.05, 0) is 31.6 Å². The number of phenols is 1. The number of aliphatic hydroxyl groups excluding tert-OH is 3. The number of likely N-dealkylation sites (N-methyl/N-ethyl adjacent to an activating group) is 1. The third kappa shape index (κ3) is 2.63. The molecule has 170 valence electrons. The highest BCUT2D eigenvalue weighted by molar-refractivity contribution is 6.28. The van der Waals surface area contributed by atoms with Crippen molar-refractivity contribution in [2.75, 3.05) is 19.8 Å². The van der Waals surface area contributed by atoms with Crippen molar-refractivity contribution < 1.29 is 34.8 Å². The molecule has 10 heteroatoms. The molecule has 0 aromatic heterocycles. The lowest BCUT2D eigenvalue weighted by Crippen LogP contribution is -2.61. The van der Waals surface area contributed by atoms with Crippen molar-refractivity contribution in [2.45, 2.75) is 25.0 Å². The van der Waals surface area contributed by atoms with E-state index in [0.717, 1.165) is 0 Å². The summed E-state index contributed by atoms with van der Waals surface area (Å²) < 4.78 is 0. The summed E-state index contributed by atoms with van der Waals surface area (Å²) in [7, 11) is 3.15. The number of nitrogens with two attached hydrogens (primary N) is 2. The summed E-state index contributed by atoms with van der Waals surface area (Å²) in [6.07, 6.45) is -1.34. The Morgan fingerprint density at radius 1 is 1.09 bits per heavy atom. The standard InChI is InChI=1S/C22H25N3O7/c1-6-7-4-5-8(23)16(26)10(7)18(28)12-9(6)17(27)11-13(19(12)29)20(30)14(22(24)32)21(31)15(11)25(2)3/h4-6,9,11,13,15,17,26-28,31H,23H2,1-3H3,(H2,24,32). The van der Waals surface area contributed by atoms with E-state index in [-0.39, 0.29) is 16.8 Å². The van der Waals surface area contributed by atoms with Crippen LogP contribution in [0.2, 0.25) is 0 Å². The number of hydrogen-bond acceptors (Lipinski definition) is 9. The maximum Gasteiger partial charge on any atom is 0.255 e. The van der Waals surface area contributed by atoms with Gasteiger partial charge in [0.1, 0.15) is 22.8 Å². The van der Waals surface area contributed by atoms with Gasteiger partial charge in [-0.1, -0.05) is 13.0 Å². The van der Waals surface area contributed by atoms with Crippen LogP contribution >= 0.6 is 0 Å². The second-order valence-electron chi connectivity index (χ2n) is 8.85. The molecule has 6 atom stereocenters. The van der Waals surface area contributed by atoms with Gasteiger partial charge >= 0.3 is 0 Å². The molecule has 8 N–H and O–H groups in total. The summed E-state index contributed by atoms with van der Waals surface area (Å²) in [4.78, 5) is 40.2. The van der Waals surface area contributed by atoms with Crippen LogP contribution in [0.1, 0.15) is 24.0 Å². The maximum atomic E-state index is 13.6. The lowest BCUT2D eigenvalue weighted by Gasteiger charge is -2.50. The quantitative estimate of drug-likeness (QED) is 0.158. The van der Waals surface area contributed by atoms with Gasteiger partial charge in [0.15, 0.2) is 11.6 Å². The first-order valence-corrected chi connectivity index (χ1v) is 10.1. The number of fused-ring (bicyclic) bond motifs is 3. The number of amides is 1. The van der Waals surface area contributed by atoms with E-state index in [1.165, 1.54) is 11.0 Å². The number of aromatic hydroxyl groups is 1. The zero-order chi connectivity index (χ0) is 23.8. The number of nitrogen functional groups attached to an aromatic ring is 1. The largest absolute Gasteiger partial charge is 0.510 e. The Morgan fingerprint density at radius 3 is 2.28 bits per heavy atom. The van der Waals surface area contributed by atoms with Gasteiger partial charge in [0.05, 0.1) is 29.3 Å². The second kappa shape index (κ2) is 7.07. The topological polar surface area (TPSA) is 187 Å². The molecule has 0 spiro atoms. The molecule has 1 amide bonds. The predicted octanol–water partition coefficient (Wildman–Crippen LogP) is -0.0369. The summed E-state index contributed by atoms with van der Waals surface area (Å²) in [6, 6.07) is 2.03. The Balaban J connectivity index is 1.99. The molecular weight excluding hydrogens is 418 g/mol. The number of nitrogens with zero attached hydrogens (tertiary/aromatic N) is 1. The van der Waals surface area contributed by atoms with Crippen LogP contribution in [0, 0.1) is 17.8 Å². The van der Waals surface area contributed by atoms with Gasteiger partial charge in [0.25, 0.3) is 5.91 Å². The van der Waals surface area contributed by atoms with Crippen LogP contribution in [0.25, 0.3) is 5.76 Å². The van der Waals surface area contributed by atoms with Gasteiger partial charge in [-0.25, -0.2) is 0 Å². The number of anilines is 1. The number of ketones is 2. The molecule has 0 heterocycles. The SMILES string of the molecule is CC1c2ccc(N)c(O)c2C(O)=C2C(=O)C3C(=O)C(C(N)=O)=C(O)C(N(C)C)C3C(O)C21. The number of carbonyl (C=O) groups is 3. The molecule has 6 unspecified atom stereocenters. The third-order valence-corrected chi connectivity index (χ3v) is 7.02. The van der Waals surface area contributed by atoms with Crippen LogP contribution in [0.4, 0.5) is 5.69 Å². The Hall–Kier alpha value is -3.37. The van der Waals surface area contributed by atoms with Crippen LogP contribution in [-0.2, 0) is 14.4 Å². The number of carbonyl (C=O) groups excluding carboxylic acids is 3. The zero-order valence-corrected chi connectivity index (χ0v) is 17.7. The monoisotopic (exact) mass is 443 g/mol. The molecule has 0 bridgehead atoms. The van der Waals surface area contributed by atoms with Crippen molar-refractivity contribution >= 4 is 28.9 Å². The normalized spacial score (nSPS) is 32.0. The molecule has 32 heavy (non-hydrogen) atoms. The van der Waals surface area contributed by atoms with Crippen molar-refractivity contribution in [3.05, 3.63) is 40.2 Å². The van der Waals surface area contributed by atoms with E-state index in [2.05, 4.69) is 0 Å². The third-order valence-electron chi connectivity index (χ3n) is 7.02. The molecule has 1 fully saturated rings. The van der Waals surface area contributed by atoms with E-state index in [1.807, 2.05) is 0 Å². The molecule has 0 aliphatic heterocycles. The van der Waals surface area contributed by atoms with Crippen molar-refractivity contribution in [2.24, 2.45) is 23.5 Å². The lowest BCUT2D eigenvalue weighted by atomic mass is 9.56.